The van der Waals surface area contributed by atoms with E-state index in [4.69, 9.17) is 4.74 Å². The van der Waals surface area contributed by atoms with E-state index in [0.29, 0.717) is 5.56 Å². The molecule has 3 atom stereocenters. The SMILES string of the molecule is CCn1cc(C(=O)N[C@@H]2CCC[C@@H](N3CCOCC3)[C@@H]2O)c(C)n1. The standard InChI is InChI=1S/C17H28N4O3/c1-3-21-11-13(12(2)19-21)17(23)18-14-5-4-6-15(16(14)22)20-7-9-24-10-8-20/h11,14-16,22H,3-10H2,1-2H3,(H,18,23)/t14-,15-,16-/m1/s1. The first-order valence-corrected chi connectivity index (χ1v) is 8.95. The minimum Gasteiger partial charge on any atom is -0.389 e. The lowest BCUT2D eigenvalue weighted by Gasteiger charge is -2.42. The van der Waals surface area contributed by atoms with Crippen molar-refractivity contribution in [3.8, 4) is 0 Å². The molecule has 0 unspecified atom stereocenters. The second kappa shape index (κ2) is 7.63. The van der Waals surface area contributed by atoms with Gasteiger partial charge in [0.2, 0.25) is 0 Å². The Hall–Kier alpha value is -1.44. The zero-order valence-corrected chi connectivity index (χ0v) is 14.6. The Balaban J connectivity index is 1.65. The number of carbonyl (C=O) groups is 1. The summed E-state index contributed by atoms with van der Waals surface area (Å²) in [7, 11) is 0. The highest BCUT2D eigenvalue weighted by atomic mass is 16.5. The van der Waals surface area contributed by atoms with Crippen LogP contribution in [0.3, 0.4) is 0 Å². The number of aliphatic hydroxyl groups is 1. The zero-order chi connectivity index (χ0) is 17.1. The number of hydrogen-bond donors (Lipinski definition) is 2. The fraction of sp³-hybridized carbons (Fsp3) is 0.765. The van der Waals surface area contributed by atoms with Crippen molar-refractivity contribution in [3.63, 3.8) is 0 Å². The molecule has 134 valence electrons. The first-order chi connectivity index (χ1) is 11.6. The summed E-state index contributed by atoms with van der Waals surface area (Å²) in [6.07, 6.45) is 4.04. The second-order valence-corrected chi connectivity index (χ2v) is 6.70. The van der Waals surface area contributed by atoms with Gasteiger partial charge in [0.1, 0.15) is 0 Å². The van der Waals surface area contributed by atoms with Gasteiger partial charge in [-0.15, -0.1) is 0 Å². The monoisotopic (exact) mass is 336 g/mol. The maximum atomic E-state index is 12.6. The molecule has 0 bridgehead atoms. The molecule has 1 amide bonds. The number of amides is 1. The van der Waals surface area contributed by atoms with Crippen LogP contribution in [0, 0.1) is 6.92 Å². The normalized spacial score (nSPS) is 28.7. The van der Waals surface area contributed by atoms with E-state index in [1.165, 1.54) is 0 Å². The number of nitrogens with one attached hydrogen (secondary N) is 1. The lowest BCUT2D eigenvalue weighted by atomic mass is 9.86. The Morgan fingerprint density at radius 1 is 1.42 bits per heavy atom. The highest BCUT2D eigenvalue weighted by Gasteiger charge is 2.37. The van der Waals surface area contributed by atoms with Crippen molar-refractivity contribution in [2.45, 2.75) is 57.8 Å². The number of rotatable bonds is 4. The molecule has 1 aromatic rings. The Bertz CT molecular complexity index is 568. The fourth-order valence-electron chi connectivity index (χ4n) is 3.77. The van der Waals surface area contributed by atoms with Crippen LogP contribution in [0.4, 0.5) is 0 Å². The van der Waals surface area contributed by atoms with Crippen LogP contribution in [0.2, 0.25) is 0 Å². The second-order valence-electron chi connectivity index (χ2n) is 6.70. The van der Waals surface area contributed by atoms with Gasteiger partial charge in [-0.3, -0.25) is 14.4 Å². The Morgan fingerprint density at radius 2 is 2.17 bits per heavy atom. The Morgan fingerprint density at radius 3 is 2.83 bits per heavy atom. The largest absolute Gasteiger partial charge is 0.389 e. The van der Waals surface area contributed by atoms with Crippen LogP contribution in [-0.2, 0) is 11.3 Å². The number of carbonyl (C=O) groups excluding carboxylic acids is 1. The molecule has 0 aromatic carbocycles. The summed E-state index contributed by atoms with van der Waals surface area (Å²) in [5.74, 6) is -0.140. The number of nitrogens with zero attached hydrogens (tertiary/aromatic N) is 3. The summed E-state index contributed by atoms with van der Waals surface area (Å²) in [4.78, 5) is 14.9. The highest BCUT2D eigenvalue weighted by Crippen LogP contribution is 2.25. The van der Waals surface area contributed by atoms with E-state index >= 15 is 0 Å². The molecule has 1 saturated carbocycles. The number of ether oxygens (including phenoxy) is 1. The van der Waals surface area contributed by atoms with Crippen LogP contribution in [0.1, 0.15) is 42.2 Å². The van der Waals surface area contributed by atoms with E-state index in [1.54, 1.807) is 10.9 Å². The molecule has 3 rings (SSSR count). The van der Waals surface area contributed by atoms with Crippen LogP contribution in [0.15, 0.2) is 6.20 Å². The average molecular weight is 336 g/mol. The van der Waals surface area contributed by atoms with E-state index in [2.05, 4.69) is 15.3 Å². The molecule has 1 aliphatic carbocycles. The van der Waals surface area contributed by atoms with Crippen LogP contribution < -0.4 is 5.32 Å². The number of aromatic nitrogens is 2. The first-order valence-electron chi connectivity index (χ1n) is 8.95. The van der Waals surface area contributed by atoms with Gasteiger partial charge < -0.3 is 15.2 Å². The predicted octanol–water partition coefficient (Wildman–Crippen LogP) is 0.555. The summed E-state index contributed by atoms with van der Waals surface area (Å²) in [5.41, 5.74) is 1.32. The molecular formula is C17H28N4O3. The number of morpholine rings is 1. The summed E-state index contributed by atoms with van der Waals surface area (Å²) in [6.45, 7) is 7.71. The van der Waals surface area contributed by atoms with Gasteiger partial charge in [-0.1, -0.05) is 0 Å². The van der Waals surface area contributed by atoms with Crippen LogP contribution in [0.25, 0.3) is 0 Å². The van der Waals surface area contributed by atoms with Gasteiger partial charge in [0.15, 0.2) is 0 Å². The minimum atomic E-state index is -0.540. The summed E-state index contributed by atoms with van der Waals surface area (Å²) in [5, 5.41) is 18.1. The number of hydrogen-bond acceptors (Lipinski definition) is 5. The average Bonchev–Trinajstić information content (AvgIpc) is 2.98. The maximum absolute atomic E-state index is 12.6. The van der Waals surface area contributed by atoms with Gasteiger partial charge in [-0.2, -0.15) is 5.10 Å². The van der Waals surface area contributed by atoms with Crippen molar-refractivity contribution in [1.82, 2.24) is 20.0 Å². The Labute approximate surface area is 143 Å². The van der Waals surface area contributed by atoms with Crippen LogP contribution in [-0.4, -0.2) is 70.2 Å². The lowest BCUT2D eigenvalue weighted by molar-refractivity contribution is -0.0459. The van der Waals surface area contributed by atoms with Crippen LogP contribution >= 0.6 is 0 Å². The first kappa shape index (κ1) is 17.4. The molecule has 1 aromatic heterocycles. The van der Waals surface area contributed by atoms with Crippen molar-refractivity contribution in [2.24, 2.45) is 0 Å². The van der Waals surface area contributed by atoms with E-state index < -0.39 is 6.10 Å². The maximum Gasteiger partial charge on any atom is 0.255 e. The topological polar surface area (TPSA) is 79.6 Å². The molecule has 0 spiro atoms. The molecule has 2 aliphatic rings. The number of aliphatic hydroxyl groups excluding tert-OH is 1. The molecule has 1 aliphatic heterocycles. The third-order valence-corrected chi connectivity index (χ3v) is 5.17. The van der Waals surface area contributed by atoms with E-state index in [-0.39, 0.29) is 18.0 Å². The summed E-state index contributed by atoms with van der Waals surface area (Å²) in [6, 6.07) is -0.101. The highest BCUT2D eigenvalue weighted by molar-refractivity contribution is 5.95. The van der Waals surface area contributed by atoms with Gasteiger partial charge in [0.05, 0.1) is 36.6 Å². The quantitative estimate of drug-likeness (QED) is 0.840. The number of aryl methyl sites for hydroxylation is 2. The minimum absolute atomic E-state index is 0.104. The molecule has 7 heteroatoms. The van der Waals surface area contributed by atoms with Gasteiger partial charge in [0.25, 0.3) is 5.91 Å². The van der Waals surface area contributed by atoms with E-state index in [1.807, 2.05) is 13.8 Å². The molecule has 0 radical (unpaired) electrons. The van der Waals surface area contributed by atoms with Gasteiger partial charge in [0, 0.05) is 31.9 Å². The van der Waals surface area contributed by atoms with Crippen LogP contribution in [0.5, 0.6) is 0 Å². The third-order valence-electron chi connectivity index (χ3n) is 5.17. The van der Waals surface area contributed by atoms with Crippen molar-refractivity contribution >= 4 is 5.91 Å². The van der Waals surface area contributed by atoms with Crippen molar-refractivity contribution in [3.05, 3.63) is 17.5 Å². The molecule has 1 saturated heterocycles. The third kappa shape index (κ3) is 3.63. The Kier molecular flexibility index (Phi) is 5.53. The van der Waals surface area contributed by atoms with E-state index in [9.17, 15) is 9.90 Å². The fourth-order valence-corrected chi connectivity index (χ4v) is 3.77. The van der Waals surface area contributed by atoms with Gasteiger partial charge in [-0.05, 0) is 33.1 Å². The smallest absolute Gasteiger partial charge is 0.255 e. The molecule has 2 N–H and O–H groups in total. The summed E-state index contributed by atoms with van der Waals surface area (Å²) >= 11 is 0. The molecule has 24 heavy (non-hydrogen) atoms. The molecule has 7 nitrogen and oxygen atoms in total. The molecule has 2 heterocycles. The van der Waals surface area contributed by atoms with Gasteiger partial charge >= 0.3 is 0 Å². The van der Waals surface area contributed by atoms with Crippen molar-refractivity contribution in [2.75, 3.05) is 26.3 Å². The molecular weight excluding hydrogens is 308 g/mol. The van der Waals surface area contributed by atoms with Gasteiger partial charge in [-0.25, -0.2) is 0 Å². The summed E-state index contributed by atoms with van der Waals surface area (Å²) < 4.78 is 7.16. The van der Waals surface area contributed by atoms with E-state index in [0.717, 1.165) is 57.8 Å². The van der Waals surface area contributed by atoms with Crippen molar-refractivity contribution in [1.29, 1.82) is 0 Å². The van der Waals surface area contributed by atoms with Crippen molar-refractivity contribution < 1.29 is 14.6 Å². The zero-order valence-electron chi connectivity index (χ0n) is 14.6. The molecule has 2 fully saturated rings. The lowest BCUT2D eigenvalue weighted by Crippen LogP contribution is -2.58. The predicted molar refractivity (Wildman–Crippen MR) is 89.9 cm³/mol.